The Balaban J connectivity index is 1.44. The van der Waals surface area contributed by atoms with Crippen LogP contribution in [0.3, 0.4) is 0 Å². The molecule has 0 atom stereocenters. The van der Waals surface area contributed by atoms with Crippen LogP contribution in [0.1, 0.15) is 39.2 Å². The number of carbonyl (C=O) groups excluding carboxylic acids is 3. The van der Waals surface area contributed by atoms with Crippen LogP contribution in [-0.4, -0.2) is 54.7 Å². The van der Waals surface area contributed by atoms with Gasteiger partial charge in [0.25, 0.3) is 0 Å². The Bertz CT molecular complexity index is 1720. The predicted molar refractivity (Wildman–Crippen MR) is 172 cm³/mol. The number of ether oxygens (including phenoxy) is 2. The Morgan fingerprint density at radius 2 is 1.62 bits per heavy atom. The monoisotopic (exact) mass is 612 g/mol. The molecule has 2 amide bonds. The van der Waals surface area contributed by atoms with E-state index in [0.29, 0.717) is 42.8 Å². The van der Waals surface area contributed by atoms with Crippen LogP contribution >= 0.6 is 0 Å². The van der Waals surface area contributed by atoms with E-state index in [1.54, 1.807) is 39.1 Å². The van der Waals surface area contributed by atoms with E-state index in [0.717, 1.165) is 33.3 Å². The number of ketones is 1. The number of rotatable bonds is 7. The van der Waals surface area contributed by atoms with E-state index in [1.165, 1.54) is 12.1 Å². The lowest BCUT2D eigenvalue weighted by Crippen LogP contribution is -2.38. The molecule has 1 aliphatic heterocycles. The van der Waals surface area contributed by atoms with Crippen LogP contribution in [0.2, 0.25) is 0 Å². The Hall–Kier alpha value is -4.99. The minimum absolute atomic E-state index is 0.145. The van der Waals surface area contributed by atoms with Gasteiger partial charge in [-0.1, -0.05) is 30.3 Å². The van der Waals surface area contributed by atoms with Crippen molar-refractivity contribution in [3.05, 3.63) is 78.2 Å². The zero-order valence-corrected chi connectivity index (χ0v) is 25.9. The number of alkyl carbamates (subject to hydrolysis) is 1. The van der Waals surface area contributed by atoms with Gasteiger partial charge < -0.3 is 25.0 Å². The van der Waals surface area contributed by atoms with Gasteiger partial charge in [-0.2, -0.15) is 0 Å². The fraction of sp³-hybridized carbons (Fsp3) is 0.314. The molecule has 0 radical (unpaired) electrons. The van der Waals surface area contributed by atoms with Crippen molar-refractivity contribution in [3.8, 4) is 28.0 Å². The summed E-state index contributed by atoms with van der Waals surface area (Å²) < 4.78 is 25.4. The first kappa shape index (κ1) is 31.4. The number of aryl methyl sites for hydroxylation is 1. The van der Waals surface area contributed by atoms with Crippen LogP contribution in [0.5, 0.6) is 5.75 Å². The number of halogens is 1. The molecule has 1 aliphatic rings. The third kappa shape index (κ3) is 7.94. The number of hydrogen-bond donors (Lipinski definition) is 2. The molecular weight excluding hydrogens is 575 g/mol. The average Bonchev–Trinajstić information content (AvgIpc) is 2.98. The second-order valence-corrected chi connectivity index (χ2v) is 12.0. The van der Waals surface area contributed by atoms with Crippen LogP contribution in [0.4, 0.5) is 19.7 Å². The normalized spacial score (nSPS) is 13.4. The van der Waals surface area contributed by atoms with Crippen molar-refractivity contribution in [2.24, 2.45) is 0 Å². The Morgan fingerprint density at radius 1 is 0.911 bits per heavy atom. The molecule has 0 saturated carbocycles. The maximum absolute atomic E-state index is 14.5. The van der Waals surface area contributed by atoms with Gasteiger partial charge in [0.2, 0.25) is 0 Å². The van der Waals surface area contributed by atoms with Crippen molar-refractivity contribution in [1.82, 2.24) is 15.6 Å². The summed E-state index contributed by atoms with van der Waals surface area (Å²) in [6, 6.07) is 17.9. The highest BCUT2D eigenvalue weighted by Gasteiger charge is 2.23. The Kier molecular flexibility index (Phi) is 9.32. The van der Waals surface area contributed by atoms with Gasteiger partial charge in [0, 0.05) is 61.7 Å². The summed E-state index contributed by atoms with van der Waals surface area (Å²) in [7, 11) is 0. The number of piperidine rings is 1. The molecule has 3 aromatic carbocycles. The molecule has 45 heavy (non-hydrogen) atoms. The summed E-state index contributed by atoms with van der Waals surface area (Å²) in [5.41, 5.74) is 4.77. The van der Waals surface area contributed by atoms with Gasteiger partial charge >= 0.3 is 12.2 Å². The summed E-state index contributed by atoms with van der Waals surface area (Å²) in [5.74, 6) is 0.242. The lowest BCUT2D eigenvalue weighted by Gasteiger charge is -2.31. The van der Waals surface area contributed by atoms with Crippen LogP contribution in [0.15, 0.2) is 66.9 Å². The second-order valence-electron chi connectivity index (χ2n) is 12.0. The molecule has 0 unspecified atom stereocenters. The molecule has 1 saturated heterocycles. The standard InChI is InChI=1S/C35H37FN4O5/c1-22-17-24(19-25(36)18-22)29-21-39-30-10-9-23(20-28(30)32(29)40-15-11-26(41)12-16-40)27-7-5-6-8-31(27)44-33(42)37-13-14-38-34(43)45-35(2,3)4/h5-10,17-21H,11-16H2,1-4H3,(H,37,42)(H,38,43). The summed E-state index contributed by atoms with van der Waals surface area (Å²) in [6.07, 6.45) is 1.40. The molecule has 5 rings (SSSR count). The number of aromatic nitrogens is 1. The van der Waals surface area contributed by atoms with Crippen LogP contribution in [0.25, 0.3) is 33.2 Å². The summed E-state index contributed by atoms with van der Waals surface area (Å²) in [5, 5.41) is 6.07. The SMILES string of the molecule is Cc1cc(F)cc(-c2cnc3ccc(-c4ccccc4OC(=O)NCCNC(=O)OC(C)(C)C)cc3c2N2CCC(=O)CC2)c1. The third-order valence-corrected chi connectivity index (χ3v) is 7.29. The van der Waals surface area contributed by atoms with Crippen molar-refractivity contribution in [1.29, 1.82) is 0 Å². The molecule has 10 heteroatoms. The number of pyridine rings is 1. The fourth-order valence-corrected chi connectivity index (χ4v) is 5.34. The van der Waals surface area contributed by atoms with E-state index in [9.17, 15) is 18.8 Å². The molecule has 0 bridgehead atoms. The predicted octanol–water partition coefficient (Wildman–Crippen LogP) is 6.80. The number of benzene rings is 3. The smallest absolute Gasteiger partial charge is 0.412 e. The first-order chi connectivity index (χ1) is 21.5. The maximum Gasteiger partial charge on any atom is 0.412 e. The highest BCUT2D eigenvalue weighted by atomic mass is 19.1. The topological polar surface area (TPSA) is 110 Å². The number of carbonyl (C=O) groups is 3. The van der Waals surface area contributed by atoms with Crippen molar-refractivity contribution in [2.45, 2.75) is 46.1 Å². The summed E-state index contributed by atoms with van der Waals surface area (Å²) in [4.78, 5) is 43.5. The highest BCUT2D eigenvalue weighted by Crippen LogP contribution is 2.40. The van der Waals surface area contributed by atoms with Gasteiger partial charge in [0.1, 0.15) is 23.0 Å². The lowest BCUT2D eigenvalue weighted by atomic mass is 9.96. The zero-order valence-electron chi connectivity index (χ0n) is 25.9. The number of nitrogens with zero attached hydrogens (tertiary/aromatic N) is 2. The van der Waals surface area contributed by atoms with E-state index < -0.39 is 17.8 Å². The van der Waals surface area contributed by atoms with Crippen molar-refractivity contribution in [3.63, 3.8) is 0 Å². The zero-order chi connectivity index (χ0) is 32.1. The molecule has 4 aromatic rings. The second kappa shape index (κ2) is 13.3. The largest absolute Gasteiger partial charge is 0.444 e. The molecule has 2 N–H and O–H groups in total. The maximum atomic E-state index is 14.5. The van der Waals surface area contributed by atoms with E-state index in [2.05, 4.69) is 15.5 Å². The van der Waals surface area contributed by atoms with Gasteiger partial charge in [0.05, 0.1) is 11.2 Å². The number of amides is 2. The minimum atomic E-state index is -0.668. The van der Waals surface area contributed by atoms with Gasteiger partial charge in [-0.3, -0.25) is 9.78 Å². The molecular formula is C35H37FN4O5. The Morgan fingerprint density at radius 3 is 2.33 bits per heavy atom. The number of para-hydroxylation sites is 1. The number of hydrogen-bond acceptors (Lipinski definition) is 7. The van der Waals surface area contributed by atoms with Crippen LogP contribution in [0, 0.1) is 12.7 Å². The molecule has 1 fully saturated rings. The van der Waals surface area contributed by atoms with Crippen LogP contribution < -0.4 is 20.3 Å². The van der Waals surface area contributed by atoms with E-state index in [-0.39, 0.29) is 24.7 Å². The van der Waals surface area contributed by atoms with Crippen molar-refractivity contribution >= 4 is 34.6 Å². The Labute approximate surface area is 261 Å². The van der Waals surface area contributed by atoms with E-state index in [1.807, 2.05) is 43.3 Å². The average molecular weight is 613 g/mol. The summed E-state index contributed by atoms with van der Waals surface area (Å²) >= 11 is 0. The van der Waals surface area contributed by atoms with Gasteiger partial charge in [-0.15, -0.1) is 0 Å². The van der Waals surface area contributed by atoms with E-state index >= 15 is 0 Å². The molecule has 2 heterocycles. The molecule has 1 aromatic heterocycles. The highest BCUT2D eigenvalue weighted by molar-refractivity contribution is 6.02. The third-order valence-electron chi connectivity index (χ3n) is 7.29. The molecule has 0 aliphatic carbocycles. The van der Waals surface area contributed by atoms with Gasteiger partial charge in [-0.25, -0.2) is 14.0 Å². The summed E-state index contributed by atoms with van der Waals surface area (Å²) in [6.45, 7) is 8.57. The lowest BCUT2D eigenvalue weighted by molar-refractivity contribution is -0.119. The van der Waals surface area contributed by atoms with E-state index in [4.69, 9.17) is 14.5 Å². The van der Waals surface area contributed by atoms with Gasteiger partial charge in [-0.05, 0) is 74.7 Å². The number of anilines is 1. The molecule has 9 nitrogen and oxygen atoms in total. The minimum Gasteiger partial charge on any atom is -0.444 e. The number of fused-ring (bicyclic) bond motifs is 1. The van der Waals surface area contributed by atoms with Crippen molar-refractivity contribution < 1.29 is 28.2 Å². The van der Waals surface area contributed by atoms with Crippen LogP contribution in [-0.2, 0) is 9.53 Å². The first-order valence-corrected chi connectivity index (χ1v) is 15.0. The first-order valence-electron chi connectivity index (χ1n) is 15.0. The van der Waals surface area contributed by atoms with Crippen molar-refractivity contribution in [2.75, 3.05) is 31.1 Å². The van der Waals surface area contributed by atoms with Gasteiger partial charge in [0.15, 0.2) is 0 Å². The molecule has 234 valence electrons. The number of nitrogens with one attached hydrogen (secondary N) is 2. The number of Topliss-reactive ketones (excluding diaryl/α,β-unsaturated/α-hetero) is 1. The fourth-order valence-electron chi connectivity index (χ4n) is 5.34. The molecule has 0 spiro atoms. The quantitative estimate of drug-likeness (QED) is 0.221.